The number of benzene rings is 1. The van der Waals surface area contributed by atoms with Crippen LogP contribution in [0.3, 0.4) is 0 Å². The minimum absolute atomic E-state index is 0.181. The number of aliphatic carboxylic acids is 1. The largest absolute Gasteiger partial charge is 0.480 e. The zero-order chi connectivity index (χ0) is 16.2. The normalized spacial score (nSPS) is 12.6. The summed E-state index contributed by atoms with van der Waals surface area (Å²) in [6.07, 6.45) is -1.04. The SMILES string of the molecule is CC(C)(C)OC(=O)NC(Cc1cccc(Br)c1F)C(=O)O. The van der Waals surface area contributed by atoms with Crippen LogP contribution in [0.25, 0.3) is 0 Å². The van der Waals surface area contributed by atoms with Gasteiger partial charge in [-0.2, -0.15) is 0 Å². The second-order valence-corrected chi connectivity index (χ2v) is 6.31. The van der Waals surface area contributed by atoms with Gasteiger partial charge in [-0.15, -0.1) is 0 Å². The molecule has 0 heterocycles. The number of nitrogens with one attached hydrogen (secondary N) is 1. The number of hydrogen-bond donors (Lipinski definition) is 2. The summed E-state index contributed by atoms with van der Waals surface area (Å²) in [7, 11) is 0. The van der Waals surface area contributed by atoms with E-state index in [2.05, 4.69) is 21.2 Å². The molecule has 7 heteroatoms. The minimum atomic E-state index is -1.27. The van der Waals surface area contributed by atoms with Crippen molar-refractivity contribution in [3.8, 4) is 0 Å². The second kappa shape index (κ2) is 6.89. The van der Waals surface area contributed by atoms with Gasteiger partial charge in [-0.3, -0.25) is 0 Å². The molecule has 0 aromatic heterocycles. The first-order valence-electron chi connectivity index (χ1n) is 6.25. The Morgan fingerprint density at radius 2 is 2.05 bits per heavy atom. The summed E-state index contributed by atoms with van der Waals surface area (Å²) in [4.78, 5) is 22.8. The van der Waals surface area contributed by atoms with Gasteiger partial charge in [-0.25, -0.2) is 14.0 Å². The number of alkyl carbamates (subject to hydrolysis) is 1. The molecule has 1 atom stereocenters. The number of halogens is 2. The maximum atomic E-state index is 13.9. The molecule has 5 nitrogen and oxygen atoms in total. The molecule has 0 aliphatic heterocycles. The van der Waals surface area contributed by atoms with E-state index in [4.69, 9.17) is 9.84 Å². The van der Waals surface area contributed by atoms with Crippen LogP contribution in [-0.4, -0.2) is 28.8 Å². The van der Waals surface area contributed by atoms with Gasteiger partial charge in [0.1, 0.15) is 17.5 Å². The van der Waals surface area contributed by atoms with Crippen molar-refractivity contribution in [2.75, 3.05) is 0 Å². The number of rotatable bonds is 4. The fourth-order valence-electron chi connectivity index (χ4n) is 1.58. The summed E-state index contributed by atoms with van der Waals surface area (Å²) in [6, 6.07) is 3.29. The molecular formula is C14H17BrFNO4. The first-order chi connectivity index (χ1) is 9.60. The molecule has 1 aromatic rings. The number of carboxylic acids is 1. The molecule has 0 saturated carbocycles. The summed E-state index contributed by atoms with van der Waals surface area (Å²) in [5.41, 5.74) is -0.554. The molecule has 2 N–H and O–H groups in total. The van der Waals surface area contributed by atoms with Crippen LogP contribution in [0, 0.1) is 5.82 Å². The molecule has 0 fully saturated rings. The number of ether oxygens (including phenoxy) is 1. The van der Waals surface area contributed by atoms with Gasteiger partial charge in [-0.05, 0) is 48.3 Å². The van der Waals surface area contributed by atoms with Gasteiger partial charge in [0, 0.05) is 6.42 Å². The Balaban J connectivity index is 2.82. The van der Waals surface area contributed by atoms with Crippen LogP contribution in [0.1, 0.15) is 26.3 Å². The Hall–Kier alpha value is -1.63. The predicted octanol–water partition coefficient (Wildman–Crippen LogP) is 3.11. The highest BCUT2D eigenvalue weighted by Crippen LogP contribution is 2.20. The van der Waals surface area contributed by atoms with Crippen molar-refractivity contribution in [3.05, 3.63) is 34.1 Å². The molecule has 0 saturated heterocycles. The van der Waals surface area contributed by atoms with Crippen molar-refractivity contribution >= 4 is 28.0 Å². The van der Waals surface area contributed by atoms with E-state index in [9.17, 15) is 14.0 Å². The molecule has 1 rings (SSSR count). The van der Waals surface area contributed by atoms with Crippen LogP contribution < -0.4 is 5.32 Å². The monoisotopic (exact) mass is 361 g/mol. The van der Waals surface area contributed by atoms with Crippen molar-refractivity contribution in [1.29, 1.82) is 0 Å². The first-order valence-corrected chi connectivity index (χ1v) is 7.04. The molecule has 0 aliphatic carbocycles. The number of hydrogen-bond acceptors (Lipinski definition) is 3. The zero-order valence-corrected chi connectivity index (χ0v) is 13.5. The van der Waals surface area contributed by atoms with Crippen LogP contribution in [0.4, 0.5) is 9.18 Å². The molecule has 21 heavy (non-hydrogen) atoms. The van der Waals surface area contributed by atoms with Crippen LogP contribution in [0.5, 0.6) is 0 Å². The third kappa shape index (κ3) is 5.71. The summed E-state index contributed by atoms with van der Waals surface area (Å²) < 4.78 is 19.1. The summed E-state index contributed by atoms with van der Waals surface area (Å²) in [5.74, 6) is -1.81. The van der Waals surface area contributed by atoms with E-state index in [1.54, 1.807) is 26.8 Å². The molecule has 0 aliphatic rings. The zero-order valence-electron chi connectivity index (χ0n) is 11.9. The van der Waals surface area contributed by atoms with Gasteiger partial charge in [0.25, 0.3) is 0 Å². The summed E-state index contributed by atoms with van der Waals surface area (Å²) in [5, 5.41) is 11.4. The van der Waals surface area contributed by atoms with Crippen molar-refractivity contribution in [1.82, 2.24) is 5.32 Å². The van der Waals surface area contributed by atoms with Crippen LogP contribution in [0.15, 0.2) is 22.7 Å². The first kappa shape index (κ1) is 17.4. The van der Waals surface area contributed by atoms with E-state index in [1.807, 2.05) is 0 Å². The molecule has 0 radical (unpaired) electrons. The number of amides is 1. The number of carbonyl (C=O) groups excluding carboxylic acids is 1. The third-order valence-electron chi connectivity index (χ3n) is 2.44. The van der Waals surface area contributed by atoms with E-state index < -0.39 is 29.5 Å². The van der Waals surface area contributed by atoms with Crippen molar-refractivity contribution in [2.45, 2.75) is 38.8 Å². The minimum Gasteiger partial charge on any atom is -0.480 e. The van der Waals surface area contributed by atoms with Gasteiger partial charge < -0.3 is 15.2 Å². The molecule has 0 spiro atoms. The van der Waals surface area contributed by atoms with Crippen molar-refractivity contribution in [3.63, 3.8) is 0 Å². The molecule has 1 aromatic carbocycles. The highest BCUT2D eigenvalue weighted by molar-refractivity contribution is 9.10. The molecular weight excluding hydrogens is 345 g/mol. The lowest BCUT2D eigenvalue weighted by atomic mass is 10.1. The molecule has 0 bridgehead atoms. The van der Waals surface area contributed by atoms with Gasteiger partial charge in [0.05, 0.1) is 4.47 Å². The molecule has 1 amide bonds. The van der Waals surface area contributed by atoms with Crippen LogP contribution in [-0.2, 0) is 16.0 Å². The molecule has 1 unspecified atom stereocenters. The topological polar surface area (TPSA) is 75.6 Å². The Kier molecular flexibility index (Phi) is 5.71. The molecule has 116 valence electrons. The maximum Gasteiger partial charge on any atom is 0.408 e. The van der Waals surface area contributed by atoms with Crippen molar-refractivity contribution < 1.29 is 23.8 Å². The van der Waals surface area contributed by atoms with Gasteiger partial charge in [-0.1, -0.05) is 12.1 Å². The van der Waals surface area contributed by atoms with Gasteiger partial charge >= 0.3 is 12.1 Å². The lowest BCUT2D eigenvalue weighted by Gasteiger charge is -2.22. The van der Waals surface area contributed by atoms with E-state index in [1.165, 1.54) is 12.1 Å². The lowest BCUT2D eigenvalue weighted by Crippen LogP contribution is -2.44. The van der Waals surface area contributed by atoms with Crippen LogP contribution >= 0.6 is 15.9 Å². The van der Waals surface area contributed by atoms with E-state index >= 15 is 0 Å². The smallest absolute Gasteiger partial charge is 0.408 e. The quantitative estimate of drug-likeness (QED) is 0.863. The fraction of sp³-hybridized carbons (Fsp3) is 0.429. The maximum absolute atomic E-state index is 13.9. The Morgan fingerprint density at radius 3 is 2.57 bits per heavy atom. The Bertz CT molecular complexity index is 542. The van der Waals surface area contributed by atoms with E-state index in [0.29, 0.717) is 0 Å². The lowest BCUT2D eigenvalue weighted by molar-refractivity contribution is -0.139. The summed E-state index contributed by atoms with van der Waals surface area (Å²) in [6.45, 7) is 4.99. The standard InChI is InChI=1S/C14H17BrFNO4/c1-14(2,3)21-13(20)17-10(12(18)19)7-8-5-4-6-9(15)11(8)16/h4-6,10H,7H2,1-3H3,(H,17,20)(H,18,19). The third-order valence-corrected chi connectivity index (χ3v) is 3.06. The second-order valence-electron chi connectivity index (χ2n) is 5.45. The Labute approximate surface area is 130 Å². The van der Waals surface area contributed by atoms with Gasteiger partial charge in [0.15, 0.2) is 0 Å². The Morgan fingerprint density at radius 1 is 1.43 bits per heavy atom. The number of carbonyl (C=O) groups is 2. The fourth-order valence-corrected chi connectivity index (χ4v) is 1.98. The average molecular weight is 362 g/mol. The van der Waals surface area contributed by atoms with E-state index in [0.717, 1.165) is 0 Å². The number of carboxylic acid groups (broad SMARTS) is 1. The average Bonchev–Trinajstić information content (AvgIpc) is 2.31. The predicted molar refractivity (Wildman–Crippen MR) is 78.6 cm³/mol. The highest BCUT2D eigenvalue weighted by Gasteiger charge is 2.25. The van der Waals surface area contributed by atoms with Crippen molar-refractivity contribution in [2.24, 2.45) is 0 Å². The van der Waals surface area contributed by atoms with Crippen LogP contribution in [0.2, 0.25) is 0 Å². The van der Waals surface area contributed by atoms with Gasteiger partial charge in [0.2, 0.25) is 0 Å². The highest BCUT2D eigenvalue weighted by atomic mass is 79.9. The van der Waals surface area contributed by atoms with E-state index in [-0.39, 0.29) is 16.5 Å². The summed E-state index contributed by atoms with van der Waals surface area (Å²) >= 11 is 3.03.